The predicted octanol–water partition coefficient (Wildman–Crippen LogP) is 7.90. The van der Waals surface area contributed by atoms with Crippen LogP contribution in [0.4, 0.5) is 0 Å². The third kappa shape index (κ3) is 20.4. The lowest BCUT2D eigenvalue weighted by atomic mass is 10.0. The normalized spacial score (nSPS) is 11.0. The zero-order valence-corrected chi connectivity index (χ0v) is 16.1. The Balaban J connectivity index is 2.95. The van der Waals surface area contributed by atoms with Crippen LogP contribution in [0.3, 0.4) is 0 Å². The molecule has 0 unspecified atom stereocenters. The van der Waals surface area contributed by atoms with Crippen molar-refractivity contribution in [3.05, 3.63) is 0 Å². The Morgan fingerprint density at radius 2 is 0.857 bits per heavy atom. The molecule has 0 nitrogen and oxygen atoms in total. The van der Waals surface area contributed by atoms with Crippen molar-refractivity contribution < 1.29 is 0 Å². The first-order valence-electron chi connectivity index (χ1n) is 9.49. The SMILES string of the molecule is CCCCCCCCCCCCCCCCCCC(=S)S. The summed E-state index contributed by atoms with van der Waals surface area (Å²) in [5.41, 5.74) is 0. The van der Waals surface area contributed by atoms with E-state index in [4.69, 9.17) is 12.2 Å². The first-order chi connectivity index (χ1) is 10.3. The summed E-state index contributed by atoms with van der Waals surface area (Å²) in [7, 11) is 0. The molecule has 0 radical (unpaired) electrons. The zero-order valence-electron chi connectivity index (χ0n) is 14.4. The van der Waals surface area contributed by atoms with Gasteiger partial charge in [0.25, 0.3) is 0 Å². The second-order valence-corrected chi connectivity index (χ2v) is 7.78. The molecule has 0 rings (SSSR count). The largest absolute Gasteiger partial charge is 0.136 e. The second kappa shape index (κ2) is 18.5. The van der Waals surface area contributed by atoms with Crippen molar-refractivity contribution in [3.63, 3.8) is 0 Å². The van der Waals surface area contributed by atoms with Crippen LogP contribution in [0.25, 0.3) is 0 Å². The highest BCUT2D eigenvalue weighted by atomic mass is 32.1. The van der Waals surface area contributed by atoms with Crippen LogP contribution in [0.15, 0.2) is 0 Å². The molecule has 0 aliphatic carbocycles. The Kier molecular flexibility index (Phi) is 18.9. The minimum absolute atomic E-state index is 0.875. The van der Waals surface area contributed by atoms with Crippen LogP contribution < -0.4 is 0 Å². The fourth-order valence-corrected chi connectivity index (χ4v) is 3.13. The molecular weight excluding hydrogens is 292 g/mol. The Hall–Kier alpha value is 0.440. The van der Waals surface area contributed by atoms with Gasteiger partial charge in [-0.1, -0.05) is 115 Å². The molecule has 0 aliphatic heterocycles. The van der Waals surface area contributed by atoms with Gasteiger partial charge in [-0.25, -0.2) is 0 Å². The maximum absolute atomic E-state index is 4.96. The maximum atomic E-state index is 4.96. The molecular formula is C19H38S2. The molecule has 0 heterocycles. The summed E-state index contributed by atoms with van der Waals surface area (Å²) in [6.07, 6.45) is 23.8. The third-order valence-corrected chi connectivity index (χ3v) is 4.67. The highest BCUT2D eigenvalue weighted by molar-refractivity contribution is 8.11. The van der Waals surface area contributed by atoms with Crippen molar-refractivity contribution in [2.24, 2.45) is 0 Å². The maximum Gasteiger partial charge on any atom is 0.0448 e. The first-order valence-corrected chi connectivity index (χ1v) is 10.3. The average molecular weight is 331 g/mol. The molecule has 0 aromatic heterocycles. The molecule has 21 heavy (non-hydrogen) atoms. The molecule has 0 atom stereocenters. The van der Waals surface area contributed by atoms with E-state index in [1.807, 2.05) is 0 Å². The van der Waals surface area contributed by atoms with Crippen molar-refractivity contribution in [1.82, 2.24) is 0 Å². The highest BCUT2D eigenvalue weighted by Crippen LogP contribution is 2.14. The fraction of sp³-hybridized carbons (Fsp3) is 0.947. The summed E-state index contributed by atoms with van der Waals surface area (Å²) in [5, 5.41) is 0. The van der Waals surface area contributed by atoms with Crippen molar-refractivity contribution >= 4 is 29.0 Å². The van der Waals surface area contributed by atoms with Crippen molar-refractivity contribution in [1.29, 1.82) is 0 Å². The van der Waals surface area contributed by atoms with E-state index in [1.54, 1.807) is 0 Å². The van der Waals surface area contributed by atoms with E-state index in [-0.39, 0.29) is 0 Å². The quantitative estimate of drug-likeness (QED) is 0.161. The number of rotatable bonds is 17. The van der Waals surface area contributed by atoms with E-state index >= 15 is 0 Å². The molecule has 0 saturated heterocycles. The lowest BCUT2D eigenvalue weighted by molar-refractivity contribution is 0.530. The smallest absolute Gasteiger partial charge is 0.0448 e. The summed E-state index contributed by atoms with van der Waals surface area (Å²) in [5.74, 6) is 0. The fourth-order valence-electron chi connectivity index (χ4n) is 2.82. The molecule has 0 fully saturated rings. The highest BCUT2D eigenvalue weighted by Gasteiger charge is 1.95. The van der Waals surface area contributed by atoms with Crippen LogP contribution in [-0.4, -0.2) is 4.20 Å². The van der Waals surface area contributed by atoms with Crippen molar-refractivity contribution in [2.45, 2.75) is 116 Å². The number of hydrogen-bond donors (Lipinski definition) is 1. The molecule has 0 bridgehead atoms. The summed E-state index contributed by atoms with van der Waals surface area (Å²) < 4.78 is 0.875. The molecule has 0 saturated carbocycles. The summed E-state index contributed by atoms with van der Waals surface area (Å²) >= 11 is 9.12. The number of thiocarbonyl (C=S) groups is 1. The van der Waals surface area contributed by atoms with E-state index in [1.165, 1.54) is 103 Å². The van der Waals surface area contributed by atoms with E-state index in [9.17, 15) is 0 Å². The van der Waals surface area contributed by atoms with Gasteiger partial charge in [-0.05, 0) is 12.8 Å². The molecule has 0 N–H and O–H groups in total. The molecule has 126 valence electrons. The molecule has 0 aliphatic rings. The van der Waals surface area contributed by atoms with Gasteiger partial charge >= 0.3 is 0 Å². The van der Waals surface area contributed by atoms with Gasteiger partial charge in [0.05, 0.1) is 0 Å². The van der Waals surface area contributed by atoms with Crippen LogP contribution in [0.1, 0.15) is 116 Å². The van der Waals surface area contributed by atoms with E-state index in [0.29, 0.717) is 0 Å². The van der Waals surface area contributed by atoms with Crippen LogP contribution in [0.5, 0.6) is 0 Å². The Bertz CT molecular complexity index is 214. The van der Waals surface area contributed by atoms with Gasteiger partial charge < -0.3 is 0 Å². The third-order valence-electron chi connectivity index (χ3n) is 4.24. The summed E-state index contributed by atoms with van der Waals surface area (Å²) in [6.45, 7) is 2.29. The monoisotopic (exact) mass is 330 g/mol. The van der Waals surface area contributed by atoms with Crippen molar-refractivity contribution in [2.75, 3.05) is 0 Å². The Morgan fingerprint density at radius 1 is 0.571 bits per heavy atom. The zero-order chi connectivity index (χ0) is 15.6. The standard InChI is InChI=1S/C19H38S2/c1-2-3-4-5-6-7-8-9-10-11-12-13-14-15-16-17-18-19(20)21/h2-18H2,1H3,(H,20,21). The van der Waals surface area contributed by atoms with Crippen LogP contribution >= 0.6 is 24.8 Å². The van der Waals surface area contributed by atoms with Crippen LogP contribution in [0.2, 0.25) is 0 Å². The molecule has 0 aromatic rings. The van der Waals surface area contributed by atoms with Gasteiger partial charge in [0.1, 0.15) is 0 Å². The average Bonchev–Trinajstić information content (AvgIpc) is 2.46. The Morgan fingerprint density at radius 3 is 1.14 bits per heavy atom. The minimum atomic E-state index is 0.875. The summed E-state index contributed by atoms with van der Waals surface area (Å²) in [4.78, 5) is 0. The van der Waals surface area contributed by atoms with Gasteiger partial charge in [0, 0.05) is 4.20 Å². The topological polar surface area (TPSA) is 0 Å². The van der Waals surface area contributed by atoms with Gasteiger partial charge in [0.15, 0.2) is 0 Å². The van der Waals surface area contributed by atoms with Gasteiger partial charge in [-0.15, -0.1) is 12.6 Å². The second-order valence-electron chi connectivity index (χ2n) is 6.45. The molecule has 0 amide bonds. The van der Waals surface area contributed by atoms with Gasteiger partial charge in [-0.3, -0.25) is 0 Å². The first kappa shape index (κ1) is 21.4. The van der Waals surface area contributed by atoms with Crippen molar-refractivity contribution in [3.8, 4) is 0 Å². The minimum Gasteiger partial charge on any atom is -0.136 e. The summed E-state index contributed by atoms with van der Waals surface area (Å²) in [6, 6.07) is 0. The number of hydrogen-bond acceptors (Lipinski definition) is 1. The van der Waals surface area contributed by atoms with Gasteiger partial charge in [-0.2, -0.15) is 0 Å². The van der Waals surface area contributed by atoms with Crippen LogP contribution in [-0.2, 0) is 0 Å². The van der Waals surface area contributed by atoms with Gasteiger partial charge in [0.2, 0.25) is 0 Å². The molecule has 2 heteroatoms. The predicted molar refractivity (Wildman–Crippen MR) is 106 cm³/mol. The molecule has 0 aromatic carbocycles. The molecule has 0 spiro atoms. The number of thiol groups is 1. The van der Waals surface area contributed by atoms with E-state index in [2.05, 4.69) is 19.6 Å². The lowest BCUT2D eigenvalue weighted by Gasteiger charge is -2.03. The van der Waals surface area contributed by atoms with Crippen LogP contribution in [0, 0.1) is 0 Å². The van der Waals surface area contributed by atoms with E-state index < -0.39 is 0 Å². The lowest BCUT2D eigenvalue weighted by Crippen LogP contribution is -1.85. The Labute approximate surface area is 145 Å². The van der Waals surface area contributed by atoms with E-state index in [0.717, 1.165) is 10.6 Å². The number of unbranched alkanes of at least 4 members (excludes halogenated alkanes) is 15.